The minimum atomic E-state index is -0.374. The summed E-state index contributed by atoms with van der Waals surface area (Å²) in [6.07, 6.45) is 3.20. The Morgan fingerprint density at radius 1 is 1.15 bits per heavy atom. The number of para-hydroxylation sites is 2. The molecular formula is C20H16N4O2S. The number of rotatable bonds is 3. The topological polar surface area (TPSA) is 86.6 Å². The highest BCUT2D eigenvalue weighted by Gasteiger charge is 2.23. The lowest BCUT2D eigenvalue weighted by Crippen LogP contribution is -2.17. The molecule has 2 heterocycles. The van der Waals surface area contributed by atoms with Crippen LogP contribution in [0.5, 0.6) is 5.75 Å². The smallest absolute Gasteiger partial charge is 0.273 e. The molecule has 3 N–H and O–H groups in total. The van der Waals surface area contributed by atoms with Gasteiger partial charge in [-0.3, -0.25) is 4.79 Å². The number of thiazole rings is 1. The summed E-state index contributed by atoms with van der Waals surface area (Å²) in [7, 11) is 0. The number of phenols is 1. The van der Waals surface area contributed by atoms with Crippen LogP contribution in [-0.2, 0) is 4.79 Å². The molecule has 0 aliphatic carbocycles. The van der Waals surface area contributed by atoms with E-state index in [-0.39, 0.29) is 11.7 Å². The number of nitrogens with one attached hydrogen (secondary N) is 2. The average molecular weight is 376 g/mol. The molecule has 27 heavy (non-hydrogen) atoms. The predicted octanol–water partition coefficient (Wildman–Crippen LogP) is 3.91. The first-order valence-corrected chi connectivity index (χ1v) is 9.10. The van der Waals surface area contributed by atoms with Gasteiger partial charge in [0.1, 0.15) is 5.75 Å². The molecule has 3 aromatic rings. The number of hydrogen-bond donors (Lipinski definition) is 3. The number of carbonyl (C=O) groups is 1. The van der Waals surface area contributed by atoms with Crippen LogP contribution in [0.4, 0.5) is 10.8 Å². The maximum atomic E-state index is 12.5. The molecule has 1 aliphatic rings. The summed E-state index contributed by atoms with van der Waals surface area (Å²) in [6, 6.07) is 14.7. The number of aromatic nitrogens is 1. The zero-order chi connectivity index (χ0) is 18.8. The van der Waals surface area contributed by atoms with Gasteiger partial charge in [0.05, 0.1) is 22.4 Å². The molecule has 7 heteroatoms. The van der Waals surface area contributed by atoms with Crippen molar-refractivity contribution in [2.45, 2.75) is 6.92 Å². The third-order valence-electron chi connectivity index (χ3n) is 4.12. The fraction of sp³-hybridized carbons (Fsp3) is 0.0500. The molecule has 6 nitrogen and oxygen atoms in total. The van der Waals surface area contributed by atoms with Crippen molar-refractivity contribution in [1.82, 2.24) is 10.4 Å². The van der Waals surface area contributed by atoms with Crippen molar-refractivity contribution in [3.63, 3.8) is 0 Å². The Bertz CT molecular complexity index is 1090. The Hall–Kier alpha value is -3.45. The Morgan fingerprint density at radius 2 is 1.93 bits per heavy atom. The van der Waals surface area contributed by atoms with E-state index in [0.29, 0.717) is 22.0 Å². The van der Waals surface area contributed by atoms with Gasteiger partial charge in [-0.05, 0) is 30.7 Å². The van der Waals surface area contributed by atoms with Gasteiger partial charge in [0.25, 0.3) is 5.91 Å². The van der Waals surface area contributed by atoms with Gasteiger partial charge < -0.3 is 10.4 Å². The number of nitrogens with zero attached hydrogens (tertiary/aromatic N) is 2. The summed E-state index contributed by atoms with van der Waals surface area (Å²) >= 11 is 1.41. The summed E-state index contributed by atoms with van der Waals surface area (Å²) in [5.41, 5.74) is 5.93. The van der Waals surface area contributed by atoms with Gasteiger partial charge >= 0.3 is 0 Å². The lowest BCUT2D eigenvalue weighted by molar-refractivity contribution is -0.115. The molecule has 2 aromatic carbocycles. The summed E-state index contributed by atoms with van der Waals surface area (Å²) < 4.78 is 0. The van der Waals surface area contributed by atoms with Crippen LogP contribution in [0, 0.1) is 6.92 Å². The number of aromatic hydroxyl groups is 1. The van der Waals surface area contributed by atoms with Gasteiger partial charge in [0.15, 0.2) is 5.13 Å². The van der Waals surface area contributed by atoms with E-state index in [1.54, 1.807) is 36.6 Å². The van der Waals surface area contributed by atoms with Crippen molar-refractivity contribution < 1.29 is 9.90 Å². The second-order valence-corrected chi connectivity index (χ2v) is 7.02. The highest BCUT2D eigenvalue weighted by molar-refractivity contribution is 7.17. The number of anilines is 2. The molecule has 0 spiro atoms. The van der Waals surface area contributed by atoms with Crippen LogP contribution in [0.1, 0.15) is 21.7 Å². The molecule has 134 valence electrons. The quantitative estimate of drug-likeness (QED) is 0.605. The lowest BCUT2D eigenvalue weighted by atomic mass is 10.1. The van der Waals surface area contributed by atoms with Crippen molar-refractivity contribution >= 4 is 45.9 Å². The van der Waals surface area contributed by atoms with E-state index in [2.05, 4.69) is 20.8 Å². The van der Waals surface area contributed by atoms with Crippen LogP contribution in [0.15, 0.2) is 53.6 Å². The van der Waals surface area contributed by atoms with Crippen LogP contribution in [0.25, 0.3) is 11.6 Å². The van der Waals surface area contributed by atoms with Crippen molar-refractivity contribution in [3.8, 4) is 5.75 Å². The van der Waals surface area contributed by atoms with E-state index in [4.69, 9.17) is 0 Å². The normalized spacial score (nSPS) is 14.6. The average Bonchev–Trinajstić information content (AvgIpc) is 2.99. The van der Waals surface area contributed by atoms with Gasteiger partial charge in [0, 0.05) is 11.3 Å². The number of hydrogen-bond acceptors (Lipinski definition) is 6. The number of phenolic OH excluding ortho intramolecular Hbond substituents is 1. The van der Waals surface area contributed by atoms with Crippen LogP contribution in [0.3, 0.4) is 0 Å². The van der Waals surface area contributed by atoms with E-state index >= 15 is 0 Å². The van der Waals surface area contributed by atoms with Crippen molar-refractivity contribution in [3.05, 3.63) is 70.2 Å². The van der Waals surface area contributed by atoms with E-state index in [1.807, 2.05) is 31.2 Å². The van der Waals surface area contributed by atoms with E-state index in [0.717, 1.165) is 16.1 Å². The molecule has 1 aromatic heterocycles. The lowest BCUT2D eigenvalue weighted by Gasteiger charge is -2.06. The molecule has 0 unspecified atom stereocenters. The molecule has 1 amide bonds. The fourth-order valence-electron chi connectivity index (χ4n) is 2.71. The summed E-state index contributed by atoms with van der Waals surface area (Å²) in [4.78, 5) is 17.8. The molecule has 0 saturated carbocycles. The predicted molar refractivity (Wildman–Crippen MR) is 108 cm³/mol. The number of hydrazone groups is 1. The van der Waals surface area contributed by atoms with E-state index in [9.17, 15) is 9.90 Å². The molecule has 0 bridgehead atoms. The van der Waals surface area contributed by atoms with Crippen molar-refractivity contribution in [1.29, 1.82) is 0 Å². The highest BCUT2D eigenvalue weighted by atomic mass is 32.1. The number of carbonyl (C=O) groups excluding carboxylic acids is 1. The molecule has 0 saturated heterocycles. The van der Waals surface area contributed by atoms with Crippen LogP contribution >= 0.6 is 11.3 Å². The standard InChI is InChI=1S/C20H16N4O2S/c1-12-6-2-4-8-15(12)22-20-23-18-14(10-13-7-3-5-9-16(13)25)19(26)24-21-11-17(18)27-20/h2-11,25H,1H3,(H,22,23)(H,24,26)/b14-10+. The summed E-state index contributed by atoms with van der Waals surface area (Å²) in [6.45, 7) is 2.01. The van der Waals surface area contributed by atoms with Gasteiger partial charge in [0.2, 0.25) is 0 Å². The second kappa shape index (κ2) is 7.05. The first kappa shape index (κ1) is 17.0. The first-order valence-electron chi connectivity index (χ1n) is 8.29. The van der Waals surface area contributed by atoms with Gasteiger partial charge in [-0.25, -0.2) is 10.4 Å². The van der Waals surface area contributed by atoms with Crippen LogP contribution in [-0.4, -0.2) is 22.2 Å². The Kier molecular flexibility index (Phi) is 4.43. The molecule has 1 aliphatic heterocycles. The van der Waals surface area contributed by atoms with Crippen LogP contribution < -0.4 is 10.7 Å². The molecule has 4 rings (SSSR count). The third kappa shape index (κ3) is 3.45. The first-order chi connectivity index (χ1) is 13.1. The van der Waals surface area contributed by atoms with Gasteiger partial charge in [-0.15, -0.1) is 0 Å². The van der Waals surface area contributed by atoms with Crippen molar-refractivity contribution in [2.24, 2.45) is 5.10 Å². The molecular weight excluding hydrogens is 360 g/mol. The molecule has 0 radical (unpaired) electrons. The van der Waals surface area contributed by atoms with Crippen molar-refractivity contribution in [2.75, 3.05) is 5.32 Å². The molecule has 0 fully saturated rings. The largest absolute Gasteiger partial charge is 0.507 e. The zero-order valence-corrected chi connectivity index (χ0v) is 15.2. The Balaban J connectivity index is 1.77. The SMILES string of the molecule is Cc1ccccc1Nc1nc2c(s1)C=NNC(=O)/C2=C/c1ccccc1O. The van der Waals surface area contributed by atoms with E-state index in [1.165, 1.54) is 11.3 Å². The number of aryl methyl sites for hydroxylation is 1. The van der Waals surface area contributed by atoms with Crippen LogP contribution in [0.2, 0.25) is 0 Å². The number of benzene rings is 2. The molecule has 0 atom stereocenters. The Morgan fingerprint density at radius 3 is 2.74 bits per heavy atom. The summed E-state index contributed by atoms with van der Waals surface area (Å²) in [5.74, 6) is -0.279. The maximum absolute atomic E-state index is 12.5. The second-order valence-electron chi connectivity index (χ2n) is 5.99. The summed E-state index contributed by atoms with van der Waals surface area (Å²) in [5, 5.41) is 18.0. The minimum Gasteiger partial charge on any atom is -0.507 e. The fourth-order valence-corrected chi connectivity index (χ4v) is 3.57. The monoisotopic (exact) mass is 376 g/mol. The number of amides is 1. The highest BCUT2D eigenvalue weighted by Crippen LogP contribution is 2.33. The number of fused-ring (bicyclic) bond motifs is 1. The Labute approximate surface area is 159 Å². The van der Waals surface area contributed by atoms with Gasteiger partial charge in [-0.2, -0.15) is 5.10 Å². The van der Waals surface area contributed by atoms with Gasteiger partial charge in [-0.1, -0.05) is 47.7 Å². The maximum Gasteiger partial charge on any atom is 0.273 e. The van der Waals surface area contributed by atoms with E-state index < -0.39 is 0 Å². The zero-order valence-electron chi connectivity index (χ0n) is 14.4. The third-order valence-corrected chi connectivity index (χ3v) is 5.03. The minimum absolute atomic E-state index is 0.0954.